The molecule has 6 N–H and O–H groups in total. The lowest BCUT2D eigenvalue weighted by Gasteiger charge is -2.28. The molecule has 0 heterocycles. The van der Waals surface area contributed by atoms with E-state index in [2.05, 4.69) is 16.0 Å². The number of carbonyl (C=O) groups is 2. The van der Waals surface area contributed by atoms with Crippen LogP contribution in [0.15, 0.2) is 54.6 Å². The van der Waals surface area contributed by atoms with Gasteiger partial charge in [0.1, 0.15) is 11.5 Å². The topological polar surface area (TPSA) is 131 Å². The molecule has 0 aliphatic carbocycles. The minimum absolute atomic E-state index is 0.0733. The number of aliphatic hydroxyl groups is 1. The number of aromatic hydroxyl groups is 2. The molecule has 0 spiro atoms. The van der Waals surface area contributed by atoms with Crippen molar-refractivity contribution in [3.8, 4) is 11.5 Å². The quantitative estimate of drug-likeness (QED) is 0.159. The van der Waals surface area contributed by atoms with Crippen molar-refractivity contribution in [1.82, 2.24) is 10.6 Å². The van der Waals surface area contributed by atoms with Gasteiger partial charge in [-0.15, -0.1) is 0 Å². The van der Waals surface area contributed by atoms with E-state index in [4.69, 9.17) is 0 Å². The van der Waals surface area contributed by atoms with Crippen LogP contribution in [0.4, 0.5) is 5.69 Å². The largest absolute Gasteiger partial charge is 0.508 e. The van der Waals surface area contributed by atoms with Gasteiger partial charge in [0.2, 0.25) is 6.41 Å². The fourth-order valence-corrected chi connectivity index (χ4v) is 4.37. The summed E-state index contributed by atoms with van der Waals surface area (Å²) >= 11 is 0. The van der Waals surface area contributed by atoms with Gasteiger partial charge >= 0.3 is 0 Å². The molecule has 8 nitrogen and oxygen atoms in total. The van der Waals surface area contributed by atoms with Gasteiger partial charge in [-0.25, -0.2) is 0 Å². The lowest BCUT2D eigenvalue weighted by molar-refractivity contribution is -0.105. The molecule has 202 valence electrons. The van der Waals surface area contributed by atoms with Gasteiger partial charge < -0.3 is 31.3 Å². The molecule has 2 amide bonds. The molecule has 0 saturated heterocycles. The van der Waals surface area contributed by atoms with Crippen LogP contribution in [0.5, 0.6) is 11.5 Å². The molecule has 0 aromatic heterocycles. The van der Waals surface area contributed by atoms with Gasteiger partial charge in [0.05, 0.1) is 11.8 Å². The number of hydrogen-bond donors (Lipinski definition) is 6. The van der Waals surface area contributed by atoms with E-state index in [0.29, 0.717) is 36.9 Å². The number of rotatable bonds is 12. The monoisotopic (exact) mass is 519 g/mol. The Morgan fingerprint density at radius 2 is 1.76 bits per heavy atom. The summed E-state index contributed by atoms with van der Waals surface area (Å²) in [6, 6.07) is 15.8. The van der Waals surface area contributed by atoms with Crippen LogP contribution in [0.25, 0.3) is 0 Å². The maximum Gasteiger partial charge on any atom is 0.251 e. The number of hydrogen-bond acceptors (Lipinski definition) is 6. The zero-order valence-electron chi connectivity index (χ0n) is 22.3. The van der Waals surface area contributed by atoms with E-state index in [9.17, 15) is 24.9 Å². The van der Waals surface area contributed by atoms with E-state index < -0.39 is 6.10 Å². The van der Waals surface area contributed by atoms with Crippen molar-refractivity contribution in [2.24, 2.45) is 0 Å². The molecule has 3 rings (SSSR count). The number of β-amino-alcohol motifs (C(OH)–C–C–N with tert-alkyl or cyclic N) is 1. The van der Waals surface area contributed by atoms with E-state index in [1.165, 1.54) is 12.1 Å². The van der Waals surface area contributed by atoms with Crippen molar-refractivity contribution in [3.05, 3.63) is 88.0 Å². The molecule has 8 heteroatoms. The van der Waals surface area contributed by atoms with Gasteiger partial charge in [-0.2, -0.15) is 0 Å². The number of carbonyl (C=O) groups excluding carboxylic acids is 2. The normalized spacial score (nSPS) is 12.1. The zero-order chi connectivity index (χ0) is 27.9. The van der Waals surface area contributed by atoms with Gasteiger partial charge in [0.25, 0.3) is 5.91 Å². The average molecular weight is 520 g/mol. The van der Waals surface area contributed by atoms with E-state index in [1.807, 2.05) is 52.0 Å². The summed E-state index contributed by atoms with van der Waals surface area (Å²) in [5.41, 5.74) is 4.88. The summed E-state index contributed by atoms with van der Waals surface area (Å²) in [6.45, 7) is 8.59. The first-order valence-corrected chi connectivity index (χ1v) is 12.6. The number of anilines is 1. The number of benzene rings is 3. The van der Waals surface area contributed by atoms with Crippen LogP contribution in [0.3, 0.4) is 0 Å². The summed E-state index contributed by atoms with van der Waals surface area (Å²) in [6.07, 6.45) is 0.921. The lowest BCUT2D eigenvalue weighted by atomic mass is 9.93. The van der Waals surface area contributed by atoms with Crippen molar-refractivity contribution < 1.29 is 24.9 Å². The first kappa shape index (κ1) is 28.7. The summed E-state index contributed by atoms with van der Waals surface area (Å²) < 4.78 is 0. The van der Waals surface area contributed by atoms with E-state index >= 15 is 0 Å². The minimum atomic E-state index is -0.847. The van der Waals surface area contributed by atoms with E-state index in [0.717, 1.165) is 22.3 Å². The second kappa shape index (κ2) is 12.6. The summed E-state index contributed by atoms with van der Waals surface area (Å²) in [5.74, 6) is 0.0597. The number of phenols is 2. The number of amides is 2. The lowest BCUT2D eigenvalue weighted by Crippen LogP contribution is -2.43. The molecule has 0 saturated carbocycles. The Morgan fingerprint density at radius 1 is 1.00 bits per heavy atom. The molecule has 0 unspecified atom stereocenters. The highest BCUT2D eigenvalue weighted by molar-refractivity contribution is 5.94. The van der Waals surface area contributed by atoms with Crippen molar-refractivity contribution in [3.63, 3.8) is 0 Å². The Hall–Kier alpha value is -3.88. The fraction of sp³-hybridized carbons (Fsp3) is 0.333. The van der Waals surface area contributed by atoms with Gasteiger partial charge in [0, 0.05) is 24.2 Å². The van der Waals surface area contributed by atoms with Crippen LogP contribution in [0.1, 0.15) is 58.1 Å². The van der Waals surface area contributed by atoms with E-state index in [1.54, 1.807) is 18.2 Å². The molecular formula is C30H37N3O5. The predicted octanol–water partition coefficient (Wildman–Crippen LogP) is 3.90. The zero-order valence-corrected chi connectivity index (χ0v) is 22.3. The second-order valence-corrected chi connectivity index (χ2v) is 10.3. The molecule has 0 radical (unpaired) electrons. The van der Waals surface area contributed by atoms with Crippen LogP contribution in [0.2, 0.25) is 0 Å². The van der Waals surface area contributed by atoms with Crippen molar-refractivity contribution in [2.75, 3.05) is 18.4 Å². The molecule has 3 aromatic carbocycles. The van der Waals surface area contributed by atoms with Gasteiger partial charge in [-0.05, 0) is 98.7 Å². The number of aliphatic hydroxyl groups excluding tert-OH is 1. The standard InChI is InChI=1S/C30H37N3O5/c1-19-13-27(36)20(2)12-22(19)10-11-31-29(38)24-7-5-6-21(14-24)16-30(3,4)33-17-28(37)23-8-9-26(35)25(15-23)32-18-34/h5-9,12-15,18,28,33,35-37H,10-11,16-17H2,1-4H3,(H,31,38)(H,32,34)/t28-/m0/s1. The molecule has 38 heavy (non-hydrogen) atoms. The van der Waals surface area contributed by atoms with Gasteiger partial charge in [-0.3, -0.25) is 9.59 Å². The molecule has 0 bridgehead atoms. The number of aryl methyl sites for hydroxylation is 2. The molecule has 1 atom stereocenters. The molecular weight excluding hydrogens is 482 g/mol. The third-order valence-corrected chi connectivity index (χ3v) is 6.56. The average Bonchev–Trinajstić information content (AvgIpc) is 2.87. The Kier molecular flexibility index (Phi) is 9.50. The van der Waals surface area contributed by atoms with Crippen molar-refractivity contribution in [2.45, 2.75) is 52.2 Å². The highest BCUT2D eigenvalue weighted by atomic mass is 16.3. The third kappa shape index (κ3) is 7.81. The Bertz CT molecular complexity index is 1290. The molecule has 0 aliphatic rings. The smallest absolute Gasteiger partial charge is 0.251 e. The minimum Gasteiger partial charge on any atom is -0.508 e. The number of nitrogens with one attached hydrogen (secondary N) is 3. The fourth-order valence-electron chi connectivity index (χ4n) is 4.37. The Balaban J connectivity index is 1.55. The SMILES string of the molecule is Cc1cc(CCNC(=O)c2cccc(CC(C)(C)NC[C@H](O)c3ccc(O)c(NC=O)c3)c2)c(C)cc1O. The maximum absolute atomic E-state index is 12.8. The summed E-state index contributed by atoms with van der Waals surface area (Å²) in [7, 11) is 0. The second-order valence-electron chi connectivity index (χ2n) is 10.3. The molecule has 0 fully saturated rings. The maximum atomic E-state index is 12.8. The van der Waals surface area contributed by atoms with Crippen LogP contribution < -0.4 is 16.0 Å². The van der Waals surface area contributed by atoms with Crippen molar-refractivity contribution in [1.29, 1.82) is 0 Å². The van der Waals surface area contributed by atoms with Gasteiger partial charge in [-0.1, -0.05) is 24.3 Å². The van der Waals surface area contributed by atoms with Crippen LogP contribution >= 0.6 is 0 Å². The van der Waals surface area contributed by atoms with Gasteiger partial charge in [0.15, 0.2) is 0 Å². The Labute approximate surface area is 223 Å². The Morgan fingerprint density at radius 3 is 2.50 bits per heavy atom. The first-order valence-electron chi connectivity index (χ1n) is 12.6. The molecule has 0 aliphatic heterocycles. The summed E-state index contributed by atoms with van der Waals surface area (Å²) in [5, 5.41) is 39.0. The van der Waals surface area contributed by atoms with Crippen LogP contribution in [-0.4, -0.2) is 46.3 Å². The first-order chi connectivity index (χ1) is 18.0. The van der Waals surface area contributed by atoms with Crippen LogP contribution in [0, 0.1) is 13.8 Å². The van der Waals surface area contributed by atoms with E-state index in [-0.39, 0.29) is 35.2 Å². The predicted molar refractivity (Wildman–Crippen MR) is 149 cm³/mol. The molecule has 3 aromatic rings. The third-order valence-electron chi connectivity index (χ3n) is 6.56. The van der Waals surface area contributed by atoms with Crippen molar-refractivity contribution >= 4 is 18.0 Å². The summed E-state index contributed by atoms with van der Waals surface area (Å²) in [4.78, 5) is 23.5. The number of phenolic OH excluding ortho intramolecular Hbond substituents is 2. The highest BCUT2D eigenvalue weighted by Crippen LogP contribution is 2.27. The van der Waals surface area contributed by atoms with Crippen LogP contribution in [-0.2, 0) is 17.6 Å². The highest BCUT2D eigenvalue weighted by Gasteiger charge is 2.21.